The van der Waals surface area contributed by atoms with Gasteiger partial charge in [-0.15, -0.1) is 0 Å². The molecule has 16 heavy (non-hydrogen) atoms. The van der Waals surface area contributed by atoms with Crippen LogP contribution in [0.15, 0.2) is 23.1 Å². The second kappa shape index (κ2) is 4.13. The summed E-state index contributed by atoms with van der Waals surface area (Å²) >= 11 is 0. The molecule has 0 amide bonds. The second-order valence-electron chi connectivity index (χ2n) is 3.63. The second-order valence-corrected chi connectivity index (χ2v) is 5.61. The lowest BCUT2D eigenvalue weighted by Crippen LogP contribution is -2.10. The fraction of sp³-hybridized carbons (Fsp3) is 0.300. The Balaban J connectivity index is 3.34. The number of rotatable bonds is 3. The van der Waals surface area contributed by atoms with Gasteiger partial charge in [-0.05, 0) is 24.6 Å². The number of carbonyl (C=O) groups is 1. The number of aliphatic carboxylic acids is 1. The Kier molecular flexibility index (Phi) is 3.23. The van der Waals surface area contributed by atoms with E-state index in [1.54, 1.807) is 0 Å². The Morgan fingerprint density at radius 2 is 2.00 bits per heavy atom. The minimum absolute atomic E-state index is 0.0295. The first-order valence-electron chi connectivity index (χ1n) is 4.55. The smallest absolute Gasteiger partial charge is 0.310 e. The van der Waals surface area contributed by atoms with Crippen LogP contribution in [-0.4, -0.2) is 25.7 Å². The van der Waals surface area contributed by atoms with E-state index in [4.69, 9.17) is 10.8 Å². The molecule has 0 spiro atoms. The molecular formula is C10H13NO4S. The summed E-state index contributed by atoms with van der Waals surface area (Å²) in [7, 11) is -3.43. The molecule has 1 aromatic carbocycles. The quantitative estimate of drug-likeness (QED) is 0.767. The van der Waals surface area contributed by atoms with Crippen molar-refractivity contribution in [2.45, 2.75) is 17.7 Å². The summed E-state index contributed by atoms with van der Waals surface area (Å²) in [6.45, 7) is 1.49. The predicted molar refractivity (Wildman–Crippen MR) is 60.0 cm³/mol. The molecular weight excluding hydrogens is 230 g/mol. The standard InChI is InChI=1S/C10H13NO4S/c1-6(10(12)13)7-3-4-8(11)9(5-7)16(2,14)15/h3-6H,11H2,1-2H3,(H,12,13). The first-order chi connectivity index (χ1) is 7.23. The van der Waals surface area contributed by atoms with Crippen LogP contribution < -0.4 is 5.73 Å². The molecule has 0 radical (unpaired) electrons. The highest BCUT2D eigenvalue weighted by molar-refractivity contribution is 7.90. The minimum atomic E-state index is -3.43. The molecule has 0 aliphatic rings. The molecule has 5 nitrogen and oxygen atoms in total. The first kappa shape index (κ1) is 12.5. The lowest BCUT2D eigenvalue weighted by molar-refractivity contribution is -0.138. The summed E-state index contributed by atoms with van der Waals surface area (Å²) in [5, 5.41) is 8.82. The normalized spacial score (nSPS) is 13.4. The molecule has 3 N–H and O–H groups in total. The molecule has 0 heterocycles. The monoisotopic (exact) mass is 243 g/mol. The van der Waals surface area contributed by atoms with Crippen molar-refractivity contribution in [1.82, 2.24) is 0 Å². The van der Waals surface area contributed by atoms with Crippen LogP contribution in [0.3, 0.4) is 0 Å². The van der Waals surface area contributed by atoms with E-state index in [-0.39, 0.29) is 10.6 Å². The maximum Gasteiger partial charge on any atom is 0.310 e. The molecule has 1 atom stereocenters. The number of nitrogens with two attached hydrogens (primary N) is 1. The fourth-order valence-electron chi connectivity index (χ4n) is 1.28. The third-order valence-electron chi connectivity index (χ3n) is 2.31. The van der Waals surface area contributed by atoms with Crippen LogP contribution in [0.1, 0.15) is 18.4 Å². The van der Waals surface area contributed by atoms with Gasteiger partial charge in [0, 0.05) is 6.26 Å². The number of hydrogen-bond acceptors (Lipinski definition) is 4. The zero-order chi connectivity index (χ0) is 12.5. The maximum atomic E-state index is 11.4. The van der Waals surface area contributed by atoms with Crippen molar-refractivity contribution < 1.29 is 18.3 Å². The van der Waals surface area contributed by atoms with Gasteiger partial charge < -0.3 is 10.8 Å². The highest BCUT2D eigenvalue weighted by Gasteiger charge is 2.18. The van der Waals surface area contributed by atoms with Gasteiger partial charge in [0.05, 0.1) is 16.5 Å². The van der Waals surface area contributed by atoms with Gasteiger partial charge in [-0.25, -0.2) is 8.42 Å². The number of sulfone groups is 1. The summed E-state index contributed by atoms with van der Waals surface area (Å²) in [4.78, 5) is 10.7. The first-order valence-corrected chi connectivity index (χ1v) is 6.45. The highest BCUT2D eigenvalue weighted by atomic mass is 32.2. The number of anilines is 1. The number of nitrogen functional groups attached to an aromatic ring is 1. The topological polar surface area (TPSA) is 97.5 Å². The van der Waals surface area contributed by atoms with Crippen LogP contribution in [0.5, 0.6) is 0 Å². The number of carboxylic acid groups (broad SMARTS) is 1. The zero-order valence-corrected chi connectivity index (χ0v) is 9.78. The third-order valence-corrected chi connectivity index (χ3v) is 3.46. The average molecular weight is 243 g/mol. The maximum absolute atomic E-state index is 11.4. The Bertz CT molecular complexity index is 522. The van der Waals surface area contributed by atoms with Crippen molar-refractivity contribution in [2.75, 3.05) is 12.0 Å². The van der Waals surface area contributed by atoms with Gasteiger partial charge in [0.15, 0.2) is 9.84 Å². The van der Waals surface area contributed by atoms with Gasteiger partial charge in [-0.3, -0.25) is 4.79 Å². The Morgan fingerprint density at radius 3 is 2.44 bits per heavy atom. The fourth-order valence-corrected chi connectivity index (χ4v) is 2.13. The summed E-state index contributed by atoms with van der Waals surface area (Å²) in [6, 6.07) is 4.23. The van der Waals surface area contributed by atoms with Crippen LogP contribution in [-0.2, 0) is 14.6 Å². The Labute approximate surface area is 93.8 Å². The van der Waals surface area contributed by atoms with E-state index < -0.39 is 21.7 Å². The van der Waals surface area contributed by atoms with E-state index in [1.165, 1.54) is 25.1 Å². The summed E-state index contributed by atoms with van der Waals surface area (Å²) in [5.74, 6) is -1.77. The molecule has 0 aromatic heterocycles. The summed E-state index contributed by atoms with van der Waals surface area (Å²) < 4.78 is 22.7. The van der Waals surface area contributed by atoms with Crippen LogP contribution >= 0.6 is 0 Å². The molecule has 0 fully saturated rings. The summed E-state index contributed by atoms with van der Waals surface area (Å²) in [5.41, 5.74) is 6.07. The van der Waals surface area contributed by atoms with Crippen molar-refractivity contribution in [3.63, 3.8) is 0 Å². The van der Waals surface area contributed by atoms with E-state index in [0.717, 1.165) is 6.26 Å². The van der Waals surface area contributed by atoms with Gasteiger partial charge in [0.1, 0.15) is 0 Å². The average Bonchev–Trinajstić information content (AvgIpc) is 2.15. The van der Waals surface area contributed by atoms with E-state index >= 15 is 0 Å². The molecule has 1 rings (SSSR count). The SMILES string of the molecule is CC(C(=O)O)c1ccc(N)c(S(C)(=O)=O)c1. The minimum Gasteiger partial charge on any atom is -0.481 e. The number of benzene rings is 1. The van der Waals surface area contributed by atoms with Crippen molar-refractivity contribution in [2.24, 2.45) is 0 Å². The van der Waals surface area contributed by atoms with Gasteiger partial charge in [0.25, 0.3) is 0 Å². The molecule has 6 heteroatoms. The lowest BCUT2D eigenvalue weighted by Gasteiger charge is -2.10. The van der Waals surface area contributed by atoms with E-state index in [1.807, 2.05) is 0 Å². The third kappa shape index (κ3) is 2.52. The van der Waals surface area contributed by atoms with E-state index in [0.29, 0.717) is 5.56 Å². The van der Waals surface area contributed by atoms with E-state index in [9.17, 15) is 13.2 Å². The molecule has 0 aliphatic heterocycles. The molecule has 0 aliphatic carbocycles. The van der Waals surface area contributed by atoms with Crippen molar-refractivity contribution >= 4 is 21.5 Å². The Hall–Kier alpha value is -1.56. The number of carboxylic acids is 1. The molecule has 0 saturated carbocycles. The largest absolute Gasteiger partial charge is 0.481 e. The lowest BCUT2D eigenvalue weighted by atomic mass is 10.0. The zero-order valence-electron chi connectivity index (χ0n) is 8.97. The predicted octanol–water partition coefficient (Wildman–Crippen LogP) is 0.860. The van der Waals surface area contributed by atoms with Gasteiger partial charge in [0.2, 0.25) is 0 Å². The van der Waals surface area contributed by atoms with Crippen molar-refractivity contribution in [3.05, 3.63) is 23.8 Å². The molecule has 1 unspecified atom stereocenters. The highest BCUT2D eigenvalue weighted by Crippen LogP contribution is 2.24. The molecule has 88 valence electrons. The molecule has 1 aromatic rings. The molecule has 0 saturated heterocycles. The number of hydrogen-bond donors (Lipinski definition) is 2. The van der Waals surface area contributed by atoms with Crippen LogP contribution in [0.4, 0.5) is 5.69 Å². The van der Waals surface area contributed by atoms with Crippen molar-refractivity contribution in [1.29, 1.82) is 0 Å². The van der Waals surface area contributed by atoms with Crippen LogP contribution in [0.2, 0.25) is 0 Å². The van der Waals surface area contributed by atoms with Gasteiger partial charge in [-0.2, -0.15) is 0 Å². The van der Waals surface area contributed by atoms with Crippen LogP contribution in [0.25, 0.3) is 0 Å². The summed E-state index contributed by atoms with van der Waals surface area (Å²) in [6.07, 6.45) is 1.04. The van der Waals surface area contributed by atoms with Gasteiger partial charge >= 0.3 is 5.97 Å². The molecule has 0 bridgehead atoms. The van der Waals surface area contributed by atoms with Crippen molar-refractivity contribution in [3.8, 4) is 0 Å². The Morgan fingerprint density at radius 1 is 1.44 bits per heavy atom. The van der Waals surface area contributed by atoms with Gasteiger partial charge in [-0.1, -0.05) is 6.07 Å². The van der Waals surface area contributed by atoms with Crippen LogP contribution in [0, 0.1) is 0 Å². The van der Waals surface area contributed by atoms with E-state index in [2.05, 4.69) is 0 Å².